The standard InChI is InChI=1S/C22H31N5OS/c1-16-7-6-10-19(17(16)2)27-13-11-26(12-14-27)15-20(28)23-22-25-24-21(29-22)18-8-4-3-5-9-18/h6-7,10,18H,3-5,8-9,11-15H2,1-2H3,(H,23,25,28). The molecule has 0 radical (unpaired) electrons. The van der Waals surface area contributed by atoms with Crippen molar-refractivity contribution in [2.24, 2.45) is 0 Å². The largest absolute Gasteiger partial charge is 0.369 e. The van der Waals surface area contributed by atoms with E-state index in [0.717, 1.165) is 31.2 Å². The summed E-state index contributed by atoms with van der Waals surface area (Å²) in [5, 5.41) is 13.2. The smallest absolute Gasteiger partial charge is 0.240 e. The molecule has 1 saturated carbocycles. The van der Waals surface area contributed by atoms with Gasteiger partial charge in [0.15, 0.2) is 0 Å². The lowest BCUT2D eigenvalue weighted by Crippen LogP contribution is -2.48. The molecular weight excluding hydrogens is 382 g/mol. The molecule has 29 heavy (non-hydrogen) atoms. The van der Waals surface area contributed by atoms with Gasteiger partial charge in [-0.15, -0.1) is 10.2 Å². The molecule has 156 valence electrons. The van der Waals surface area contributed by atoms with Crippen LogP contribution in [0.3, 0.4) is 0 Å². The zero-order chi connectivity index (χ0) is 20.2. The molecule has 1 amide bonds. The van der Waals surface area contributed by atoms with Crippen molar-refractivity contribution in [3.63, 3.8) is 0 Å². The summed E-state index contributed by atoms with van der Waals surface area (Å²) in [4.78, 5) is 17.1. The van der Waals surface area contributed by atoms with Gasteiger partial charge in [-0.25, -0.2) is 0 Å². The number of aryl methyl sites for hydroxylation is 1. The van der Waals surface area contributed by atoms with Crippen LogP contribution < -0.4 is 10.2 Å². The fourth-order valence-corrected chi connectivity index (χ4v) is 5.32. The van der Waals surface area contributed by atoms with Crippen molar-refractivity contribution in [1.29, 1.82) is 0 Å². The van der Waals surface area contributed by atoms with E-state index >= 15 is 0 Å². The Balaban J connectivity index is 1.26. The molecule has 1 aliphatic heterocycles. The molecule has 1 aliphatic carbocycles. The van der Waals surface area contributed by atoms with E-state index in [1.165, 1.54) is 48.9 Å². The van der Waals surface area contributed by atoms with Crippen molar-refractivity contribution in [2.75, 3.05) is 42.9 Å². The predicted octanol–water partition coefficient (Wildman–Crippen LogP) is 3.96. The highest BCUT2D eigenvalue weighted by molar-refractivity contribution is 7.15. The molecule has 0 spiro atoms. The second kappa shape index (κ2) is 9.22. The summed E-state index contributed by atoms with van der Waals surface area (Å²) in [5.41, 5.74) is 4.00. The second-order valence-corrected chi connectivity index (χ2v) is 9.32. The van der Waals surface area contributed by atoms with Gasteiger partial charge in [0.05, 0.1) is 6.54 Å². The Morgan fingerprint density at radius 1 is 1.10 bits per heavy atom. The summed E-state index contributed by atoms with van der Waals surface area (Å²) in [6, 6.07) is 6.48. The fourth-order valence-electron chi connectivity index (χ4n) is 4.39. The SMILES string of the molecule is Cc1cccc(N2CCN(CC(=O)Nc3nnc(C4CCCCC4)s3)CC2)c1C. The molecule has 2 heterocycles. The minimum absolute atomic E-state index is 0.0107. The van der Waals surface area contributed by atoms with Gasteiger partial charge in [0.1, 0.15) is 5.01 Å². The van der Waals surface area contributed by atoms with Gasteiger partial charge >= 0.3 is 0 Å². The molecule has 2 fully saturated rings. The third-order valence-electron chi connectivity index (χ3n) is 6.30. The number of rotatable bonds is 5. The lowest BCUT2D eigenvalue weighted by Gasteiger charge is -2.36. The summed E-state index contributed by atoms with van der Waals surface area (Å²) in [7, 11) is 0. The second-order valence-electron chi connectivity index (χ2n) is 8.31. The average molecular weight is 414 g/mol. The van der Waals surface area contributed by atoms with Crippen molar-refractivity contribution in [3.8, 4) is 0 Å². The summed E-state index contributed by atoms with van der Waals surface area (Å²) in [6.07, 6.45) is 6.29. The van der Waals surface area contributed by atoms with E-state index < -0.39 is 0 Å². The van der Waals surface area contributed by atoms with Crippen LogP contribution in [0, 0.1) is 13.8 Å². The zero-order valence-electron chi connectivity index (χ0n) is 17.5. The number of piperazine rings is 1. The van der Waals surface area contributed by atoms with Gasteiger partial charge < -0.3 is 4.90 Å². The highest BCUT2D eigenvalue weighted by Gasteiger charge is 2.22. The van der Waals surface area contributed by atoms with E-state index in [-0.39, 0.29) is 5.91 Å². The number of anilines is 2. The number of benzene rings is 1. The molecule has 0 bridgehead atoms. The fraction of sp³-hybridized carbons (Fsp3) is 0.591. The molecule has 7 heteroatoms. The van der Waals surface area contributed by atoms with Crippen LogP contribution in [0.1, 0.15) is 54.2 Å². The Bertz CT molecular complexity index is 837. The van der Waals surface area contributed by atoms with E-state index in [1.54, 1.807) is 11.3 Å². The molecule has 4 rings (SSSR count). The van der Waals surface area contributed by atoms with Crippen LogP contribution >= 0.6 is 11.3 Å². The molecule has 1 aromatic carbocycles. The number of hydrogen-bond acceptors (Lipinski definition) is 6. The number of amides is 1. The molecule has 1 N–H and O–H groups in total. The van der Waals surface area contributed by atoms with Crippen LogP contribution in [0.15, 0.2) is 18.2 Å². The van der Waals surface area contributed by atoms with Gasteiger partial charge in [-0.3, -0.25) is 15.0 Å². The molecule has 6 nitrogen and oxygen atoms in total. The highest BCUT2D eigenvalue weighted by Crippen LogP contribution is 2.35. The van der Waals surface area contributed by atoms with Gasteiger partial charge in [-0.1, -0.05) is 42.7 Å². The van der Waals surface area contributed by atoms with Crippen LogP contribution in [0.4, 0.5) is 10.8 Å². The number of nitrogens with zero attached hydrogens (tertiary/aromatic N) is 4. The van der Waals surface area contributed by atoms with Gasteiger partial charge in [0.25, 0.3) is 0 Å². The normalized spacial score (nSPS) is 18.8. The van der Waals surface area contributed by atoms with Crippen molar-refractivity contribution < 1.29 is 4.79 Å². The minimum atomic E-state index is 0.0107. The maximum atomic E-state index is 12.5. The van der Waals surface area contributed by atoms with Crippen LogP contribution in [-0.2, 0) is 4.79 Å². The van der Waals surface area contributed by atoms with Crippen molar-refractivity contribution >= 4 is 28.1 Å². The van der Waals surface area contributed by atoms with E-state index in [1.807, 2.05) is 0 Å². The maximum Gasteiger partial charge on any atom is 0.240 e. The van der Waals surface area contributed by atoms with Gasteiger partial charge in [0.2, 0.25) is 11.0 Å². The van der Waals surface area contributed by atoms with Crippen LogP contribution in [0.5, 0.6) is 0 Å². The minimum Gasteiger partial charge on any atom is -0.369 e. The zero-order valence-corrected chi connectivity index (χ0v) is 18.3. The summed E-state index contributed by atoms with van der Waals surface area (Å²) in [5.74, 6) is 0.543. The highest BCUT2D eigenvalue weighted by atomic mass is 32.1. The molecule has 1 saturated heterocycles. The summed E-state index contributed by atoms with van der Waals surface area (Å²) < 4.78 is 0. The monoisotopic (exact) mass is 413 g/mol. The van der Waals surface area contributed by atoms with Crippen LogP contribution in [0.2, 0.25) is 0 Å². The third kappa shape index (κ3) is 4.95. The molecule has 0 unspecified atom stereocenters. The first-order valence-electron chi connectivity index (χ1n) is 10.8. The average Bonchev–Trinajstić information content (AvgIpc) is 3.20. The molecule has 2 aromatic rings. The lowest BCUT2D eigenvalue weighted by atomic mass is 9.90. The molecule has 0 atom stereocenters. The summed E-state index contributed by atoms with van der Waals surface area (Å²) in [6.45, 7) is 8.44. The number of aromatic nitrogens is 2. The summed E-state index contributed by atoms with van der Waals surface area (Å²) >= 11 is 1.55. The molecule has 2 aliphatic rings. The Morgan fingerprint density at radius 3 is 2.62 bits per heavy atom. The topological polar surface area (TPSA) is 61.4 Å². The third-order valence-corrected chi connectivity index (χ3v) is 7.30. The van der Waals surface area contributed by atoms with E-state index in [2.05, 4.69) is 57.4 Å². The van der Waals surface area contributed by atoms with Crippen molar-refractivity contribution in [1.82, 2.24) is 15.1 Å². The van der Waals surface area contributed by atoms with Gasteiger partial charge in [0, 0.05) is 37.8 Å². The Labute approximate surface area is 177 Å². The van der Waals surface area contributed by atoms with Gasteiger partial charge in [-0.05, 0) is 43.9 Å². The van der Waals surface area contributed by atoms with E-state index in [0.29, 0.717) is 17.6 Å². The first-order chi connectivity index (χ1) is 14.1. The quantitative estimate of drug-likeness (QED) is 0.804. The van der Waals surface area contributed by atoms with Crippen molar-refractivity contribution in [3.05, 3.63) is 34.3 Å². The number of carbonyl (C=O) groups excluding carboxylic acids is 1. The molecule has 1 aromatic heterocycles. The van der Waals surface area contributed by atoms with Gasteiger partial charge in [-0.2, -0.15) is 0 Å². The van der Waals surface area contributed by atoms with Crippen molar-refractivity contribution in [2.45, 2.75) is 51.9 Å². The first-order valence-corrected chi connectivity index (χ1v) is 11.6. The number of nitrogens with one attached hydrogen (secondary N) is 1. The maximum absolute atomic E-state index is 12.5. The predicted molar refractivity (Wildman–Crippen MR) is 119 cm³/mol. The molecular formula is C22H31N5OS. The number of hydrogen-bond donors (Lipinski definition) is 1. The first kappa shape index (κ1) is 20.3. The lowest BCUT2D eigenvalue weighted by molar-refractivity contribution is -0.117. The Morgan fingerprint density at radius 2 is 1.86 bits per heavy atom. The Hall–Kier alpha value is -1.99. The van der Waals surface area contributed by atoms with E-state index in [4.69, 9.17) is 0 Å². The Kier molecular flexibility index (Phi) is 6.45. The van der Waals surface area contributed by atoms with Crippen LogP contribution in [0.25, 0.3) is 0 Å². The number of carbonyl (C=O) groups is 1. The van der Waals surface area contributed by atoms with E-state index in [9.17, 15) is 4.79 Å². The van der Waals surface area contributed by atoms with Crippen LogP contribution in [-0.4, -0.2) is 53.7 Å².